The Bertz CT molecular complexity index is 591. The van der Waals surface area contributed by atoms with Crippen molar-refractivity contribution in [1.82, 2.24) is 10.2 Å². The fraction of sp³-hybridized carbons (Fsp3) is 0.700. The highest BCUT2D eigenvalue weighted by atomic mass is 31.2. The number of phosphoric acid groups is 1. The molecule has 0 saturated carbocycles. The van der Waals surface area contributed by atoms with Crippen molar-refractivity contribution < 1.29 is 53.3 Å². The first-order valence-corrected chi connectivity index (χ1v) is 8.11. The molecule has 2 heterocycles. The number of carbonyl (C=O) groups is 3. The average Bonchev–Trinajstić information content (AvgIpc) is 2.71. The summed E-state index contributed by atoms with van der Waals surface area (Å²) in [6, 6.07) is -2.79. The van der Waals surface area contributed by atoms with Crippen LogP contribution in [0.2, 0.25) is 0 Å². The largest absolute Gasteiger partial charge is 0.480 e. The summed E-state index contributed by atoms with van der Waals surface area (Å²) in [5.41, 5.74) is 0. The van der Waals surface area contributed by atoms with Gasteiger partial charge in [-0.05, 0) is 0 Å². The molecule has 6 N–H and O–H groups in total. The monoisotopic (exact) mass is 370 g/mol. The van der Waals surface area contributed by atoms with Crippen molar-refractivity contribution >= 4 is 25.7 Å². The number of nitrogens with zero attached hydrogens (tertiary/aromatic N) is 1. The number of ether oxygens (including phenoxy) is 1. The fourth-order valence-electron chi connectivity index (χ4n) is 2.42. The van der Waals surface area contributed by atoms with Crippen LogP contribution >= 0.6 is 7.82 Å². The third-order valence-electron chi connectivity index (χ3n) is 3.50. The van der Waals surface area contributed by atoms with E-state index in [1.165, 1.54) is 0 Å². The molecule has 2 saturated heterocycles. The number of hydrogen-bond acceptors (Lipinski definition) is 8. The van der Waals surface area contributed by atoms with Crippen LogP contribution < -0.4 is 5.32 Å². The number of nitrogens with one attached hydrogen (secondary N) is 1. The minimum atomic E-state index is -4.87. The van der Waals surface area contributed by atoms with E-state index >= 15 is 0 Å². The lowest BCUT2D eigenvalue weighted by Crippen LogP contribution is -2.63. The number of phosphoric ester groups is 1. The zero-order chi connectivity index (χ0) is 18.2. The molecule has 13 nitrogen and oxygen atoms in total. The molecular weight excluding hydrogens is 355 g/mol. The molecule has 2 rings (SSSR count). The van der Waals surface area contributed by atoms with Gasteiger partial charge in [0.15, 0.2) is 6.23 Å². The van der Waals surface area contributed by atoms with E-state index in [0.29, 0.717) is 4.90 Å². The van der Waals surface area contributed by atoms with Crippen LogP contribution in [0.25, 0.3) is 0 Å². The lowest BCUT2D eigenvalue weighted by atomic mass is 10.1. The summed E-state index contributed by atoms with van der Waals surface area (Å²) in [5.74, 6) is -2.36. The third kappa shape index (κ3) is 3.89. The van der Waals surface area contributed by atoms with Gasteiger partial charge in [0.05, 0.1) is 13.0 Å². The summed E-state index contributed by atoms with van der Waals surface area (Å²) < 4.78 is 20.0. The molecule has 0 aliphatic carbocycles. The second-order valence-electron chi connectivity index (χ2n) is 5.15. The first kappa shape index (κ1) is 18.7. The van der Waals surface area contributed by atoms with E-state index in [-0.39, 0.29) is 0 Å². The van der Waals surface area contributed by atoms with Crippen molar-refractivity contribution in [1.29, 1.82) is 0 Å². The highest BCUT2D eigenvalue weighted by molar-refractivity contribution is 7.46. The number of rotatable bonds is 5. The zero-order valence-corrected chi connectivity index (χ0v) is 12.8. The number of carboxylic acids is 1. The molecule has 0 aromatic carbocycles. The van der Waals surface area contributed by atoms with Crippen molar-refractivity contribution in [2.24, 2.45) is 0 Å². The van der Waals surface area contributed by atoms with Crippen molar-refractivity contribution in [3.8, 4) is 0 Å². The van der Waals surface area contributed by atoms with Crippen LogP contribution in [0.3, 0.4) is 0 Å². The Morgan fingerprint density at radius 1 is 1.33 bits per heavy atom. The van der Waals surface area contributed by atoms with Gasteiger partial charge in [-0.2, -0.15) is 0 Å². The van der Waals surface area contributed by atoms with Crippen molar-refractivity contribution in [2.75, 3.05) is 6.61 Å². The van der Waals surface area contributed by atoms with Crippen LogP contribution in [0.4, 0.5) is 4.79 Å². The van der Waals surface area contributed by atoms with Crippen molar-refractivity contribution in [3.05, 3.63) is 0 Å². The summed E-state index contributed by atoms with van der Waals surface area (Å²) >= 11 is 0. The van der Waals surface area contributed by atoms with Crippen LogP contribution in [0.5, 0.6) is 0 Å². The third-order valence-corrected chi connectivity index (χ3v) is 3.98. The summed E-state index contributed by atoms with van der Waals surface area (Å²) in [4.78, 5) is 52.2. The Hall–Kier alpha value is -1.60. The van der Waals surface area contributed by atoms with Gasteiger partial charge in [-0.25, -0.2) is 14.2 Å². The van der Waals surface area contributed by atoms with E-state index < -0.39 is 69.3 Å². The van der Waals surface area contributed by atoms with Crippen LogP contribution in [-0.4, -0.2) is 85.1 Å². The molecule has 2 aliphatic rings. The normalized spacial score (nSPS) is 34.3. The maximum absolute atomic E-state index is 11.9. The maximum atomic E-state index is 11.9. The first-order valence-electron chi connectivity index (χ1n) is 6.58. The van der Waals surface area contributed by atoms with Gasteiger partial charge in [0.2, 0.25) is 5.91 Å². The van der Waals surface area contributed by atoms with Gasteiger partial charge < -0.3 is 29.8 Å². The predicted molar refractivity (Wildman–Crippen MR) is 70.1 cm³/mol. The standard InChI is InChI=1S/C10H15N2O11P/c13-5-1-3(9(16)17)12(10(18)11-5)8-7(15)6(14)4(23-8)2-22-24(19,20)21/h3-4,6-8,14-15H,1-2H2,(H,16,17)(H,11,13,18)(H2,19,20,21)/t3?,4-,6-,7-,8-/m1/s1. The average molecular weight is 370 g/mol. The quantitative estimate of drug-likeness (QED) is 0.268. The van der Waals surface area contributed by atoms with Crippen LogP contribution in [0.1, 0.15) is 6.42 Å². The molecule has 0 radical (unpaired) electrons. The molecule has 0 bridgehead atoms. The van der Waals surface area contributed by atoms with Crippen molar-refractivity contribution in [3.63, 3.8) is 0 Å². The molecule has 14 heteroatoms. The van der Waals surface area contributed by atoms with Gasteiger partial charge >= 0.3 is 19.8 Å². The number of carbonyl (C=O) groups excluding carboxylic acids is 2. The molecule has 0 spiro atoms. The second-order valence-corrected chi connectivity index (χ2v) is 6.39. The predicted octanol–water partition coefficient (Wildman–Crippen LogP) is -3.06. The van der Waals surface area contributed by atoms with Crippen molar-refractivity contribution in [2.45, 2.75) is 37.0 Å². The van der Waals surface area contributed by atoms with Gasteiger partial charge in [0.25, 0.3) is 0 Å². The lowest BCUT2D eigenvalue weighted by molar-refractivity contribution is -0.155. The summed E-state index contributed by atoms with van der Waals surface area (Å²) in [6.45, 7) is -0.814. The molecule has 24 heavy (non-hydrogen) atoms. The highest BCUT2D eigenvalue weighted by Crippen LogP contribution is 2.37. The number of aliphatic hydroxyl groups is 2. The van der Waals surface area contributed by atoms with Gasteiger partial charge in [-0.15, -0.1) is 0 Å². The molecule has 0 aromatic rings. The molecule has 3 amide bonds. The Morgan fingerprint density at radius 2 is 1.96 bits per heavy atom. The van der Waals surface area contributed by atoms with E-state index in [1.54, 1.807) is 0 Å². The number of aliphatic carboxylic acids is 1. The summed E-state index contributed by atoms with van der Waals surface area (Å²) in [7, 11) is -4.87. The zero-order valence-electron chi connectivity index (χ0n) is 11.9. The van der Waals surface area contributed by atoms with E-state index in [2.05, 4.69) is 4.52 Å². The van der Waals surface area contributed by atoms with E-state index in [9.17, 15) is 29.2 Å². The van der Waals surface area contributed by atoms with E-state index in [0.717, 1.165) is 0 Å². The molecule has 1 unspecified atom stereocenters. The van der Waals surface area contributed by atoms with E-state index in [1.807, 2.05) is 5.32 Å². The Morgan fingerprint density at radius 3 is 2.50 bits per heavy atom. The molecule has 5 atom stereocenters. The van der Waals surface area contributed by atoms with Gasteiger partial charge in [-0.3, -0.25) is 19.5 Å². The molecular formula is C10H15N2O11P. The Kier molecular flexibility index (Phi) is 5.25. The maximum Gasteiger partial charge on any atom is 0.469 e. The fourth-order valence-corrected chi connectivity index (χ4v) is 2.76. The molecule has 2 fully saturated rings. The minimum Gasteiger partial charge on any atom is -0.480 e. The lowest BCUT2D eigenvalue weighted by Gasteiger charge is -2.37. The van der Waals surface area contributed by atoms with Crippen LogP contribution in [-0.2, 0) is 23.4 Å². The highest BCUT2D eigenvalue weighted by Gasteiger charge is 2.52. The smallest absolute Gasteiger partial charge is 0.469 e. The van der Waals surface area contributed by atoms with Gasteiger partial charge in [0, 0.05) is 0 Å². The summed E-state index contributed by atoms with van der Waals surface area (Å²) in [6.07, 6.45) is -7.16. The number of amides is 3. The van der Waals surface area contributed by atoms with Gasteiger partial charge in [0.1, 0.15) is 24.4 Å². The Balaban J connectivity index is 2.17. The number of urea groups is 1. The number of imide groups is 1. The first-order chi connectivity index (χ1) is 11.0. The molecule has 136 valence electrons. The second kappa shape index (κ2) is 6.72. The molecule has 2 aliphatic heterocycles. The number of carboxylic acid groups (broad SMARTS) is 1. The number of aliphatic hydroxyl groups excluding tert-OH is 2. The topological polar surface area (TPSA) is 203 Å². The van der Waals surface area contributed by atoms with E-state index in [4.69, 9.17) is 19.6 Å². The summed E-state index contributed by atoms with van der Waals surface area (Å²) in [5, 5.41) is 30.8. The van der Waals surface area contributed by atoms with Gasteiger partial charge in [-0.1, -0.05) is 0 Å². The number of hydrogen-bond donors (Lipinski definition) is 6. The van der Waals surface area contributed by atoms with Crippen LogP contribution in [0.15, 0.2) is 0 Å². The molecule has 0 aromatic heterocycles. The Labute approximate surface area is 134 Å². The minimum absolute atomic E-state index is 0.537. The van der Waals surface area contributed by atoms with Crippen LogP contribution in [0, 0.1) is 0 Å². The SMILES string of the molecule is O=C1CC(C(=O)O)N([C@@H]2O[C@H](COP(=O)(O)O)[C@@H](O)[C@H]2O)C(=O)N1.